The van der Waals surface area contributed by atoms with Crippen molar-refractivity contribution in [3.63, 3.8) is 0 Å². The van der Waals surface area contributed by atoms with E-state index in [0.29, 0.717) is 16.1 Å². The predicted octanol–water partition coefficient (Wildman–Crippen LogP) is 7.76. The van der Waals surface area contributed by atoms with Crippen LogP contribution in [0.3, 0.4) is 0 Å². The van der Waals surface area contributed by atoms with Crippen LogP contribution in [-0.4, -0.2) is 14.3 Å². The third-order valence-corrected chi connectivity index (χ3v) is 8.17. The molecule has 4 nitrogen and oxygen atoms in total. The van der Waals surface area contributed by atoms with Crippen LogP contribution in [0.2, 0.25) is 5.02 Å². The maximum absolute atomic E-state index is 13.2. The van der Waals surface area contributed by atoms with E-state index < -0.39 is 15.7 Å². The summed E-state index contributed by atoms with van der Waals surface area (Å²) >= 11 is 6.49. The quantitative estimate of drug-likeness (QED) is 0.247. The molecule has 0 aliphatic heterocycles. The van der Waals surface area contributed by atoms with Gasteiger partial charge in [-0.05, 0) is 59.2 Å². The maximum Gasteiger partial charge on any atom is 0.255 e. The molecule has 5 aromatic rings. The van der Waals surface area contributed by atoms with E-state index in [2.05, 4.69) is 5.32 Å². The molecule has 182 valence electrons. The highest BCUT2D eigenvalue weighted by atomic mass is 35.5. The number of rotatable bonds is 6. The Labute approximate surface area is 221 Å². The van der Waals surface area contributed by atoms with E-state index >= 15 is 0 Å². The van der Waals surface area contributed by atoms with Gasteiger partial charge in [0.05, 0.1) is 15.5 Å². The highest BCUT2D eigenvalue weighted by molar-refractivity contribution is 7.91. The molecule has 1 N–H and O–H groups in total. The van der Waals surface area contributed by atoms with Gasteiger partial charge in [0.15, 0.2) is 0 Å². The van der Waals surface area contributed by atoms with Gasteiger partial charge in [0, 0.05) is 16.1 Å². The highest BCUT2D eigenvalue weighted by Gasteiger charge is 2.22. The first-order chi connectivity index (χ1) is 17.9. The maximum atomic E-state index is 13.2. The van der Waals surface area contributed by atoms with Crippen molar-refractivity contribution < 1.29 is 13.2 Å². The second-order valence-corrected chi connectivity index (χ2v) is 10.7. The van der Waals surface area contributed by atoms with Gasteiger partial charge in [0.25, 0.3) is 5.91 Å². The SMILES string of the molecule is O=C(Nc1ccccc1S(=O)(=O)c1ccccc1)c1ccc(Cl)c(-c2ccc(-c3ccccc3)cc2)c1. The number of para-hydroxylation sites is 1. The number of nitrogens with one attached hydrogen (secondary N) is 1. The molecule has 37 heavy (non-hydrogen) atoms. The van der Waals surface area contributed by atoms with Crippen LogP contribution < -0.4 is 5.32 Å². The molecule has 0 saturated heterocycles. The molecular formula is C31H22ClNO3S. The molecular weight excluding hydrogens is 502 g/mol. The van der Waals surface area contributed by atoms with Gasteiger partial charge in [-0.15, -0.1) is 0 Å². The fraction of sp³-hybridized carbons (Fsp3) is 0. The molecule has 0 radical (unpaired) electrons. The summed E-state index contributed by atoms with van der Waals surface area (Å²) in [5, 5.41) is 3.28. The molecule has 1 amide bonds. The van der Waals surface area contributed by atoms with E-state index in [1.165, 1.54) is 18.2 Å². The molecule has 5 rings (SSSR count). The van der Waals surface area contributed by atoms with Crippen molar-refractivity contribution in [1.29, 1.82) is 0 Å². The highest BCUT2D eigenvalue weighted by Crippen LogP contribution is 2.32. The molecule has 0 aromatic heterocycles. The van der Waals surface area contributed by atoms with Crippen molar-refractivity contribution in [2.75, 3.05) is 5.32 Å². The number of sulfone groups is 1. The first kappa shape index (κ1) is 24.5. The predicted molar refractivity (Wildman–Crippen MR) is 149 cm³/mol. The van der Waals surface area contributed by atoms with E-state index in [1.807, 2.05) is 54.6 Å². The Balaban J connectivity index is 1.43. The average Bonchev–Trinajstić information content (AvgIpc) is 2.94. The van der Waals surface area contributed by atoms with E-state index in [9.17, 15) is 13.2 Å². The van der Waals surface area contributed by atoms with Gasteiger partial charge in [-0.1, -0.05) is 96.5 Å². The lowest BCUT2D eigenvalue weighted by Crippen LogP contribution is -2.15. The van der Waals surface area contributed by atoms with Crippen LogP contribution in [0.5, 0.6) is 0 Å². The Morgan fingerprint density at radius 3 is 1.89 bits per heavy atom. The third kappa shape index (κ3) is 5.19. The Morgan fingerprint density at radius 2 is 1.19 bits per heavy atom. The fourth-order valence-corrected chi connectivity index (χ4v) is 5.75. The van der Waals surface area contributed by atoms with Gasteiger partial charge in [0.1, 0.15) is 0 Å². The number of hydrogen-bond acceptors (Lipinski definition) is 3. The number of anilines is 1. The van der Waals surface area contributed by atoms with Crippen LogP contribution in [0.4, 0.5) is 5.69 Å². The van der Waals surface area contributed by atoms with Crippen molar-refractivity contribution in [3.05, 3.63) is 138 Å². The minimum Gasteiger partial charge on any atom is -0.321 e. The number of carbonyl (C=O) groups excluding carboxylic acids is 1. The number of benzene rings is 5. The summed E-state index contributed by atoms with van der Waals surface area (Å²) in [5.74, 6) is -0.436. The molecule has 0 unspecified atom stereocenters. The molecule has 0 aliphatic carbocycles. The molecule has 0 spiro atoms. The summed E-state index contributed by atoms with van der Waals surface area (Å²) in [5.41, 5.74) is 4.33. The van der Waals surface area contributed by atoms with Gasteiger partial charge < -0.3 is 5.32 Å². The largest absolute Gasteiger partial charge is 0.321 e. The van der Waals surface area contributed by atoms with Crippen molar-refractivity contribution >= 4 is 33.0 Å². The van der Waals surface area contributed by atoms with E-state index in [-0.39, 0.29) is 15.5 Å². The zero-order chi connectivity index (χ0) is 25.8. The standard InChI is InChI=1S/C31H22ClNO3S/c32-28-20-19-25(21-27(28)24-17-15-23(16-18-24)22-9-3-1-4-10-22)31(34)33-29-13-7-8-14-30(29)37(35,36)26-11-5-2-6-12-26/h1-21H,(H,33,34). The fourth-order valence-electron chi connectivity index (χ4n) is 4.09. The van der Waals surface area contributed by atoms with E-state index in [4.69, 9.17) is 11.6 Å². The third-order valence-electron chi connectivity index (χ3n) is 6.01. The molecule has 0 fully saturated rings. The first-order valence-electron chi connectivity index (χ1n) is 11.6. The second-order valence-electron chi connectivity index (χ2n) is 8.40. The van der Waals surface area contributed by atoms with Crippen LogP contribution in [0, 0.1) is 0 Å². The van der Waals surface area contributed by atoms with Crippen LogP contribution in [-0.2, 0) is 9.84 Å². The van der Waals surface area contributed by atoms with E-state index in [0.717, 1.165) is 16.7 Å². The first-order valence-corrected chi connectivity index (χ1v) is 13.5. The molecule has 5 aromatic carbocycles. The number of hydrogen-bond donors (Lipinski definition) is 1. The van der Waals surface area contributed by atoms with Gasteiger partial charge in [0.2, 0.25) is 9.84 Å². The van der Waals surface area contributed by atoms with Crippen LogP contribution >= 0.6 is 11.6 Å². The summed E-state index contributed by atoms with van der Waals surface area (Å²) < 4.78 is 26.4. The van der Waals surface area contributed by atoms with Gasteiger partial charge >= 0.3 is 0 Å². The zero-order valence-corrected chi connectivity index (χ0v) is 21.2. The summed E-state index contributed by atoms with van der Waals surface area (Å²) in [6, 6.07) is 37.5. The lowest BCUT2D eigenvalue weighted by molar-refractivity contribution is 0.102. The second kappa shape index (κ2) is 10.4. The minimum absolute atomic E-state index is 0.0280. The molecule has 0 aliphatic rings. The topological polar surface area (TPSA) is 63.2 Å². The number of halogens is 1. The van der Waals surface area contributed by atoms with Crippen molar-refractivity contribution in [1.82, 2.24) is 0 Å². The Hall–Kier alpha value is -4.19. The van der Waals surface area contributed by atoms with Crippen LogP contribution in [0.25, 0.3) is 22.3 Å². The zero-order valence-electron chi connectivity index (χ0n) is 19.6. The Bertz CT molecular complexity index is 1670. The monoisotopic (exact) mass is 523 g/mol. The lowest BCUT2D eigenvalue weighted by Gasteiger charge is -2.13. The molecule has 0 atom stereocenters. The van der Waals surface area contributed by atoms with Gasteiger partial charge in [-0.25, -0.2) is 8.42 Å². The summed E-state index contributed by atoms with van der Waals surface area (Å²) in [6.45, 7) is 0. The van der Waals surface area contributed by atoms with Gasteiger partial charge in [-0.3, -0.25) is 4.79 Å². The van der Waals surface area contributed by atoms with Crippen molar-refractivity contribution in [2.24, 2.45) is 0 Å². The number of amides is 1. The van der Waals surface area contributed by atoms with Crippen LogP contribution in [0.15, 0.2) is 137 Å². The lowest BCUT2D eigenvalue weighted by atomic mass is 9.99. The smallest absolute Gasteiger partial charge is 0.255 e. The summed E-state index contributed by atoms with van der Waals surface area (Å²) in [7, 11) is -3.82. The van der Waals surface area contributed by atoms with Gasteiger partial charge in [-0.2, -0.15) is 0 Å². The number of carbonyl (C=O) groups is 1. The molecule has 6 heteroatoms. The van der Waals surface area contributed by atoms with Crippen molar-refractivity contribution in [2.45, 2.75) is 9.79 Å². The molecule has 0 bridgehead atoms. The Kier molecular flexibility index (Phi) is 6.91. The Morgan fingerprint density at radius 1 is 0.622 bits per heavy atom. The summed E-state index contributed by atoms with van der Waals surface area (Å²) in [6.07, 6.45) is 0. The van der Waals surface area contributed by atoms with E-state index in [1.54, 1.807) is 54.6 Å². The van der Waals surface area contributed by atoms with Crippen molar-refractivity contribution in [3.8, 4) is 22.3 Å². The molecule has 0 heterocycles. The van der Waals surface area contributed by atoms with Crippen LogP contribution in [0.1, 0.15) is 10.4 Å². The minimum atomic E-state index is -3.82. The summed E-state index contributed by atoms with van der Waals surface area (Å²) in [4.78, 5) is 13.4. The average molecular weight is 524 g/mol. The molecule has 0 saturated carbocycles. The normalized spacial score (nSPS) is 11.2.